The van der Waals surface area contributed by atoms with Crippen LogP contribution in [-0.4, -0.2) is 39.6 Å². The van der Waals surface area contributed by atoms with E-state index in [-0.39, 0.29) is 11.1 Å². The van der Waals surface area contributed by atoms with Crippen molar-refractivity contribution in [1.82, 2.24) is 14.5 Å². The van der Waals surface area contributed by atoms with Gasteiger partial charge in [0.05, 0.1) is 0 Å². The van der Waals surface area contributed by atoms with Crippen LogP contribution < -0.4 is 10.9 Å². The lowest BCUT2D eigenvalue weighted by Crippen LogP contribution is -2.56. The number of aryl methyl sites for hydroxylation is 1. The number of hydrogen-bond acceptors (Lipinski definition) is 4. The average Bonchev–Trinajstić information content (AvgIpc) is 2.62. The molecule has 0 unspecified atom stereocenters. The zero-order valence-electron chi connectivity index (χ0n) is 14.4. The number of likely N-dealkylation sites (tertiary alicyclic amines) is 1. The van der Waals surface area contributed by atoms with Gasteiger partial charge in [-0.2, -0.15) is 0 Å². The summed E-state index contributed by atoms with van der Waals surface area (Å²) in [5, 5.41) is 3.41. The molecule has 2 fully saturated rings. The van der Waals surface area contributed by atoms with Crippen LogP contribution in [-0.2, 0) is 6.54 Å². The highest BCUT2D eigenvalue weighted by molar-refractivity contribution is 5.32. The minimum absolute atomic E-state index is 0.000367. The van der Waals surface area contributed by atoms with Gasteiger partial charge in [0.25, 0.3) is 5.56 Å². The van der Waals surface area contributed by atoms with Gasteiger partial charge < -0.3 is 9.88 Å². The van der Waals surface area contributed by atoms with Crippen LogP contribution in [0.2, 0.25) is 0 Å². The molecule has 0 radical (unpaired) electrons. The minimum atomic E-state index is -0.000367. The molecule has 1 saturated carbocycles. The van der Waals surface area contributed by atoms with Crippen LogP contribution in [0.1, 0.15) is 58.3 Å². The van der Waals surface area contributed by atoms with Crippen LogP contribution in [0, 0.1) is 0 Å². The Kier molecular flexibility index (Phi) is 5.36. The summed E-state index contributed by atoms with van der Waals surface area (Å²) < 4.78 is 1.71. The first-order valence-corrected chi connectivity index (χ1v) is 9.29. The number of anilines is 1. The highest BCUT2D eigenvalue weighted by atomic mass is 16.1. The van der Waals surface area contributed by atoms with Gasteiger partial charge in [-0.25, -0.2) is 4.98 Å². The molecule has 5 nitrogen and oxygen atoms in total. The van der Waals surface area contributed by atoms with E-state index in [9.17, 15) is 4.79 Å². The van der Waals surface area contributed by atoms with Crippen LogP contribution in [0.3, 0.4) is 0 Å². The molecular formula is C18H30N4O. The largest absolute Gasteiger partial charge is 0.364 e. The molecule has 5 heteroatoms. The fourth-order valence-corrected chi connectivity index (χ4v) is 4.25. The van der Waals surface area contributed by atoms with Gasteiger partial charge in [-0.3, -0.25) is 9.69 Å². The van der Waals surface area contributed by atoms with Crippen molar-refractivity contribution in [2.45, 2.75) is 70.4 Å². The summed E-state index contributed by atoms with van der Waals surface area (Å²) in [6.45, 7) is 5.95. The smallest absolute Gasteiger partial charge is 0.293 e. The summed E-state index contributed by atoms with van der Waals surface area (Å²) in [4.78, 5) is 19.4. The van der Waals surface area contributed by atoms with Crippen molar-refractivity contribution in [3.8, 4) is 0 Å². The van der Waals surface area contributed by atoms with E-state index < -0.39 is 0 Å². The standard InChI is InChI=1S/C18H30N4O/c1-2-21-14-11-19-16(17(21)23)20-15-18(9-5-3-6-10-18)22-12-7-4-8-13-22/h11,14H,2-10,12-13,15H2,1H3,(H,19,20). The normalized spacial score (nSPS) is 22.0. The Morgan fingerprint density at radius 1 is 1.13 bits per heavy atom. The third-order valence-corrected chi connectivity index (χ3v) is 5.65. The van der Waals surface area contributed by atoms with Crippen molar-refractivity contribution in [2.75, 3.05) is 25.0 Å². The molecule has 0 bridgehead atoms. The maximum atomic E-state index is 12.4. The first kappa shape index (κ1) is 16.5. The monoisotopic (exact) mass is 318 g/mol. The molecule has 23 heavy (non-hydrogen) atoms. The third-order valence-electron chi connectivity index (χ3n) is 5.65. The molecule has 1 aliphatic heterocycles. The Morgan fingerprint density at radius 3 is 2.52 bits per heavy atom. The summed E-state index contributed by atoms with van der Waals surface area (Å²) in [7, 11) is 0. The van der Waals surface area contributed by atoms with Gasteiger partial charge in [0.15, 0.2) is 5.82 Å². The molecule has 1 aliphatic carbocycles. The molecule has 0 amide bonds. The van der Waals surface area contributed by atoms with Crippen LogP contribution in [0.25, 0.3) is 0 Å². The van der Waals surface area contributed by atoms with E-state index in [1.165, 1.54) is 64.5 Å². The minimum Gasteiger partial charge on any atom is -0.364 e. The SMILES string of the molecule is CCn1ccnc(NCC2(N3CCCCC3)CCCCC2)c1=O. The molecule has 0 spiro atoms. The lowest BCUT2D eigenvalue weighted by molar-refractivity contribution is 0.0436. The molecule has 1 aromatic rings. The topological polar surface area (TPSA) is 50.2 Å². The van der Waals surface area contributed by atoms with E-state index in [2.05, 4.69) is 15.2 Å². The summed E-state index contributed by atoms with van der Waals surface area (Å²) >= 11 is 0. The van der Waals surface area contributed by atoms with Gasteiger partial charge in [0.2, 0.25) is 0 Å². The van der Waals surface area contributed by atoms with Crippen molar-refractivity contribution in [2.24, 2.45) is 0 Å². The molecule has 128 valence electrons. The van der Waals surface area contributed by atoms with Crippen molar-refractivity contribution >= 4 is 5.82 Å². The predicted molar refractivity (Wildman–Crippen MR) is 93.9 cm³/mol. The molecule has 0 aromatic carbocycles. The summed E-state index contributed by atoms with van der Waals surface area (Å²) in [6.07, 6.45) is 13.9. The number of aromatic nitrogens is 2. The molecule has 3 rings (SSSR count). The number of rotatable bonds is 5. The van der Waals surface area contributed by atoms with E-state index in [1.54, 1.807) is 17.0 Å². The van der Waals surface area contributed by atoms with Crippen LogP contribution in [0.15, 0.2) is 17.2 Å². The zero-order chi connectivity index (χ0) is 16.1. The average molecular weight is 318 g/mol. The number of hydrogen-bond donors (Lipinski definition) is 1. The molecule has 1 saturated heterocycles. The van der Waals surface area contributed by atoms with Crippen molar-refractivity contribution in [3.63, 3.8) is 0 Å². The van der Waals surface area contributed by atoms with E-state index in [0.717, 1.165) is 6.54 Å². The highest BCUT2D eigenvalue weighted by Crippen LogP contribution is 2.35. The van der Waals surface area contributed by atoms with Gasteiger partial charge in [0, 0.05) is 31.0 Å². The number of nitrogens with one attached hydrogen (secondary N) is 1. The first-order chi connectivity index (χ1) is 11.2. The van der Waals surface area contributed by atoms with E-state index in [4.69, 9.17) is 0 Å². The lowest BCUT2D eigenvalue weighted by atomic mass is 9.79. The highest BCUT2D eigenvalue weighted by Gasteiger charge is 2.38. The Bertz CT molecular complexity index is 556. The van der Waals surface area contributed by atoms with Crippen LogP contribution in [0.4, 0.5) is 5.82 Å². The van der Waals surface area contributed by atoms with Gasteiger partial charge in [0.1, 0.15) is 0 Å². The maximum absolute atomic E-state index is 12.4. The predicted octanol–water partition coefficient (Wildman–Crippen LogP) is 2.86. The first-order valence-electron chi connectivity index (χ1n) is 9.29. The van der Waals surface area contributed by atoms with Gasteiger partial charge in [-0.1, -0.05) is 25.7 Å². The van der Waals surface area contributed by atoms with Crippen molar-refractivity contribution < 1.29 is 0 Å². The Morgan fingerprint density at radius 2 is 1.83 bits per heavy atom. The van der Waals surface area contributed by atoms with Crippen LogP contribution in [0.5, 0.6) is 0 Å². The Balaban J connectivity index is 1.75. The molecule has 1 N–H and O–H groups in total. The molecular weight excluding hydrogens is 288 g/mol. The fraction of sp³-hybridized carbons (Fsp3) is 0.778. The van der Waals surface area contributed by atoms with Gasteiger partial charge in [-0.15, -0.1) is 0 Å². The lowest BCUT2D eigenvalue weighted by Gasteiger charge is -2.48. The van der Waals surface area contributed by atoms with E-state index in [1.807, 2.05) is 6.92 Å². The third kappa shape index (κ3) is 3.60. The summed E-state index contributed by atoms with van der Waals surface area (Å²) in [5.41, 5.74) is 0.222. The maximum Gasteiger partial charge on any atom is 0.293 e. The summed E-state index contributed by atoms with van der Waals surface area (Å²) in [5.74, 6) is 0.510. The quantitative estimate of drug-likeness (QED) is 0.907. The molecule has 2 aliphatic rings. The number of piperidine rings is 1. The second-order valence-electron chi connectivity index (χ2n) is 7.05. The second-order valence-corrected chi connectivity index (χ2v) is 7.05. The molecule has 2 heterocycles. The zero-order valence-corrected chi connectivity index (χ0v) is 14.4. The van der Waals surface area contributed by atoms with Gasteiger partial charge >= 0.3 is 0 Å². The fourth-order valence-electron chi connectivity index (χ4n) is 4.25. The number of nitrogens with zero attached hydrogens (tertiary/aromatic N) is 3. The van der Waals surface area contributed by atoms with Gasteiger partial charge in [-0.05, 0) is 45.7 Å². The van der Waals surface area contributed by atoms with E-state index in [0.29, 0.717) is 12.4 Å². The second kappa shape index (κ2) is 7.47. The van der Waals surface area contributed by atoms with Crippen molar-refractivity contribution in [3.05, 3.63) is 22.7 Å². The molecule has 0 atom stereocenters. The van der Waals surface area contributed by atoms with Crippen molar-refractivity contribution in [1.29, 1.82) is 0 Å². The summed E-state index contributed by atoms with van der Waals surface area (Å²) in [6, 6.07) is 0. The molecule has 1 aromatic heterocycles. The van der Waals surface area contributed by atoms with Crippen LogP contribution >= 0.6 is 0 Å². The Hall–Kier alpha value is -1.36. The van der Waals surface area contributed by atoms with E-state index >= 15 is 0 Å². The Labute approximate surface area is 139 Å².